The number of aromatic hydroxyl groups is 4. The maximum Gasteiger partial charge on any atom is 0.200 e. The van der Waals surface area contributed by atoms with E-state index in [9.17, 15) is 25.5 Å². The number of methoxy groups -OCH3 is 1. The minimum absolute atomic E-state index is 0.0782. The second-order valence-electron chi connectivity index (χ2n) is 5.03. The fraction of sp³-hybridized carbons (Fsp3) is 0.125. The van der Waals surface area contributed by atoms with Crippen LogP contribution < -0.4 is 9.47 Å². The van der Waals surface area contributed by atoms with E-state index in [0.29, 0.717) is 11.3 Å². The molecule has 0 bridgehead atoms. The zero-order chi connectivity index (χ0) is 16.7. The van der Waals surface area contributed by atoms with Gasteiger partial charge in [0, 0.05) is 17.7 Å². The lowest BCUT2D eigenvalue weighted by molar-refractivity contribution is 0.172. The van der Waals surface area contributed by atoms with Gasteiger partial charge in [-0.3, -0.25) is 0 Å². The fourth-order valence-corrected chi connectivity index (χ4v) is 2.42. The summed E-state index contributed by atoms with van der Waals surface area (Å²) >= 11 is 0. The standard InChI is InChI=1S/C16H14O7/c1-22-13-4-8(17)5-14-9(13)6-12(20)16(23-14)7-2-10(18)15(21)11(19)3-7/h2-6,16-21H,1H3. The summed E-state index contributed by atoms with van der Waals surface area (Å²) in [5.41, 5.74) is 0.672. The van der Waals surface area contributed by atoms with E-state index in [1.54, 1.807) is 0 Å². The molecule has 0 radical (unpaired) electrons. The Balaban J connectivity index is 2.08. The number of rotatable bonds is 2. The van der Waals surface area contributed by atoms with Crippen molar-refractivity contribution in [3.63, 3.8) is 0 Å². The van der Waals surface area contributed by atoms with Gasteiger partial charge in [0.1, 0.15) is 23.0 Å². The van der Waals surface area contributed by atoms with Gasteiger partial charge in [-0.05, 0) is 18.2 Å². The highest BCUT2D eigenvalue weighted by atomic mass is 16.5. The first-order valence-electron chi connectivity index (χ1n) is 6.63. The highest BCUT2D eigenvalue weighted by molar-refractivity contribution is 5.70. The average molecular weight is 318 g/mol. The molecule has 23 heavy (non-hydrogen) atoms. The number of fused-ring (bicyclic) bond motifs is 1. The molecular formula is C16H14O7. The molecule has 0 aliphatic carbocycles. The van der Waals surface area contributed by atoms with Crippen LogP contribution in [0.4, 0.5) is 0 Å². The van der Waals surface area contributed by atoms with Gasteiger partial charge in [0.2, 0.25) is 0 Å². The minimum atomic E-state index is -1.02. The number of phenols is 4. The molecule has 7 heteroatoms. The summed E-state index contributed by atoms with van der Waals surface area (Å²) in [6, 6.07) is 5.06. The van der Waals surface area contributed by atoms with Crippen molar-refractivity contribution >= 4 is 6.08 Å². The van der Waals surface area contributed by atoms with E-state index < -0.39 is 23.4 Å². The molecule has 0 spiro atoms. The van der Waals surface area contributed by atoms with Crippen LogP contribution in [0, 0.1) is 0 Å². The summed E-state index contributed by atoms with van der Waals surface area (Å²) in [6.07, 6.45) is 0.384. The van der Waals surface area contributed by atoms with Crippen LogP contribution in [0.25, 0.3) is 6.08 Å². The summed E-state index contributed by atoms with van der Waals surface area (Å²) in [5, 5.41) is 48.5. The van der Waals surface area contributed by atoms with Gasteiger partial charge in [-0.2, -0.15) is 0 Å². The summed E-state index contributed by atoms with van der Waals surface area (Å²) < 4.78 is 10.8. The average Bonchev–Trinajstić information content (AvgIpc) is 2.51. The topological polar surface area (TPSA) is 120 Å². The largest absolute Gasteiger partial charge is 0.508 e. The Labute approximate surface area is 130 Å². The molecule has 0 aromatic heterocycles. The Hall–Kier alpha value is -3.22. The first-order chi connectivity index (χ1) is 10.9. The summed E-state index contributed by atoms with van der Waals surface area (Å²) in [6.45, 7) is 0. The van der Waals surface area contributed by atoms with Gasteiger partial charge in [-0.15, -0.1) is 0 Å². The lowest BCUT2D eigenvalue weighted by Crippen LogP contribution is -2.15. The number of benzene rings is 2. The van der Waals surface area contributed by atoms with Crippen LogP contribution >= 0.6 is 0 Å². The van der Waals surface area contributed by atoms with Crippen molar-refractivity contribution in [3.8, 4) is 34.5 Å². The van der Waals surface area contributed by atoms with Crippen molar-refractivity contribution in [2.75, 3.05) is 7.11 Å². The van der Waals surface area contributed by atoms with Crippen LogP contribution in [-0.4, -0.2) is 32.6 Å². The Morgan fingerprint density at radius 3 is 2.22 bits per heavy atom. The molecule has 0 fully saturated rings. The van der Waals surface area contributed by atoms with Crippen molar-refractivity contribution in [2.45, 2.75) is 6.10 Å². The van der Waals surface area contributed by atoms with E-state index in [1.807, 2.05) is 0 Å². The van der Waals surface area contributed by atoms with Crippen molar-refractivity contribution in [1.29, 1.82) is 0 Å². The van der Waals surface area contributed by atoms with Crippen molar-refractivity contribution in [1.82, 2.24) is 0 Å². The molecule has 3 rings (SSSR count). The first-order valence-corrected chi connectivity index (χ1v) is 6.63. The Morgan fingerprint density at radius 2 is 1.61 bits per heavy atom. The maximum absolute atomic E-state index is 10.2. The predicted octanol–water partition coefficient (Wildman–Crippen LogP) is 2.55. The van der Waals surface area contributed by atoms with Gasteiger partial charge in [0.15, 0.2) is 23.4 Å². The van der Waals surface area contributed by atoms with Crippen LogP contribution in [0.1, 0.15) is 17.2 Å². The van der Waals surface area contributed by atoms with E-state index in [4.69, 9.17) is 9.47 Å². The summed E-state index contributed by atoms with van der Waals surface area (Å²) in [4.78, 5) is 0. The lowest BCUT2D eigenvalue weighted by atomic mass is 10.0. The third-order valence-corrected chi connectivity index (χ3v) is 3.51. The van der Waals surface area contributed by atoms with Crippen LogP contribution in [-0.2, 0) is 0 Å². The smallest absolute Gasteiger partial charge is 0.200 e. The number of aliphatic hydroxyl groups is 1. The Bertz CT molecular complexity index is 787. The van der Waals surface area contributed by atoms with E-state index in [1.165, 1.54) is 25.3 Å². The van der Waals surface area contributed by atoms with Gasteiger partial charge in [0.25, 0.3) is 0 Å². The van der Waals surface area contributed by atoms with Gasteiger partial charge >= 0.3 is 0 Å². The Morgan fingerprint density at radius 1 is 0.957 bits per heavy atom. The quantitative estimate of drug-likeness (QED) is 0.540. The number of hydrogen-bond donors (Lipinski definition) is 5. The van der Waals surface area contributed by atoms with E-state index in [0.717, 1.165) is 12.1 Å². The molecule has 2 aromatic carbocycles. The van der Waals surface area contributed by atoms with Crippen molar-refractivity contribution < 1.29 is 35.0 Å². The lowest BCUT2D eigenvalue weighted by Gasteiger charge is -2.26. The van der Waals surface area contributed by atoms with E-state index in [-0.39, 0.29) is 22.8 Å². The number of phenolic OH excluding ortho intramolecular Hbond substituents is 4. The van der Waals surface area contributed by atoms with Gasteiger partial charge in [-0.1, -0.05) is 0 Å². The van der Waals surface area contributed by atoms with Gasteiger partial charge in [0.05, 0.1) is 12.7 Å². The van der Waals surface area contributed by atoms with Crippen molar-refractivity contribution in [3.05, 3.63) is 41.2 Å². The molecular weight excluding hydrogens is 304 g/mol. The molecule has 1 heterocycles. The van der Waals surface area contributed by atoms with Crippen molar-refractivity contribution in [2.24, 2.45) is 0 Å². The fourth-order valence-electron chi connectivity index (χ4n) is 2.42. The third-order valence-electron chi connectivity index (χ3n) is 3.51. The normalized spacial score (nSPS) is 16.2. The molecule has 1 unspecified atom stereocenters. The monoisotopic (exact) mass is 318 g/mol. The third kappa shape index (κ3) is 2.42. The first kappa shape index (κ1) is 14.7. The van der Waals surface area contributed by atoms with Gasteiger partial charge in [-0.25, -0.2) is 0 Å². The zero-order valence-corrected chi connectivity index (χ0v) is 12.0. The minimum Gasteiger partial charge on any atom is -0.508 e. The summed E-state index contributed by atoms with van der Waals surface area (Å²) in [7, 11) is 1.42. The molecule has 1 aliphatic rings. The molecule has 7 nitrogen and oxygen atoms in total. The molecule has 0 saturated heterocycles. The highest BCUT2D eigenvalue weighted by Gasteiger charge is 2.28. The zero-order valence-electron chi connectivity index (χ0n) is 12.0. The number of hydrogen-bond acceptors (Lipinski definition) is 7. The molecule has 1 atom stereocenters. The van der Waals surface area contributed by atoms with E-state index >= 15 is 0 Å². The molecule has 5 N–H and O–H groups in total. The number of aliphatic hydroxyl groups excluding tert-OH is 1. The van der Waals surface area contributed by atoms with Crippen LogP contribution in [0.2, 0.25) is 0 Å². The second kappa shape index (κ2) is 5.20. The van der Waals surface area contributed by atoms with E-state index in [2.05, 4.69) is 0 Å². The second-order valence-corrected chi connectivity index (χ2v) is 5.03. The summed E-state index contributed by atoms with van der Waals surface area (Å²) in [5.74, 6) is -1.44. The van der Waals surface area contributed by atoms with Crippen LogP contribution in [0.15, 0.2) is 30.0 Å². The molecule has 0 amide bonds. The molecule has 1 aliphatic heterocycles. The van der Waals surface area contributed by atoms with Gasteiger partial charge < -0.3 is 35.0 Å². The predicted molar refractivity (Wildman–Crippen MR) is 80.1 cm³/mol. The SMILES string of the molecule is COc1cc(O)cc2c1C=C(O)C(c1cc(O)c(O)c(O)c1)O2. The molecule has 120 valence electrons. The molecule has 0 saturated carbocycles. The molecule has 2 aromatic rings. The van der Waals surface area contributed by atoms with Crippen LogP contribution in [0.3, 0.4) is 0 Å². The van der Waals surface area contributed by atoms with Crippen LogP contribution in [0.5, 0.6) is 34.5 Å². The maximum atomic E-state index is 10.2. The highest BCUT2D eigenvalue weighted by Crippen LogP contribution is 2.45. The Kier molecular flexibility index (Phi) is 3.33. The number of ether oxygens (including phenoxy) is 2.